The van der Waals surface area contributed by atoms with E-state index in [0.717, 1.165) is 53.9 Å². The molecule has 0 spiro atoms. The molecule has 1 aromatic carbocycles. The van der Waals surface area contributed by atoms with Crippen molar-refractivity contribution < 1.29 is 19.4 Å². The second-order valence-electron chi connectivity index (χ2n) is 8.15. The first-order valence-electron chi connectivity index (χ1n) is 10.4. The van der Waals surface area contributed by atoms with Gasteiger partial charge in [-0.1, -0.05) is 25.3 Å². The van der Waals surface area contributed by atoms with Crippen LogP contribution in [0.3, 0.4) is 0 Å². The molecule has 6 heteroatoms. The highest BCUT2D eigenvalue weighted by Gasteiger charge is 2.49. The van der Waals surface area contributed by atoms with Crippen LogP contribution in [0.25, 0.3) is 5.76 Å². The first-order chi connectivity index (χ1) is 14.4. The average Bonchev–Trinajstić information content (AvgIpc) is 3.36. The number of Topliss-reactive ketones (excluding diaryl/α,β-unsaturated/α-hetero) is 1. The third-order valence-corrected chi connectivity index (χ3v) is 7.18. The van der Waals surface area contributed by atoms with Gasteiger partial charge in [-0.25, -0.2) is 0 Å². The lowest BCUT2D eigenvalue weighted by molar-refractivity contribution is -0.141. The van der Waals surface area contributed by atoms with Crippen LogP contribution < -0.4 is 4.74 Å². The normalized spacial score (nSPS) is 22.0. The molecule has 0 bridgehead atoms. The number of amides is 1. The molecule has 1 aliphatic carbocycles. The van der Waals surface area contributed by atoms with Gasteiger partial charge in [0.15, 0.2) is 0 Å². The van der Waals surface area contributed by atoms with Crippen molar-refractivity contribution >= 4 is 28.8 Å². The molecule has 5 nitrogen and oxygen atoms in total. The average molecular weight is 426 g/mol. The smallest absolute Gasteiger partial charge is 0.295 e. The lowest BCUT2D eigenvalue weighted by Gasteiger charge is -2.35. The summed E-state index contributed by atoms with van der Waals surface area (Å²) in [5.41, 5.74) is 2.42. The van der Waals surface area contributed by atoms with Crippen LogP contribution >= 0.6 is 11.3 Å². The molecule has 1 saturated heterocycles. The van der Waals surface area contributed by atoms with Crippen LogP contribution in [0.2, 0.25) is 0 Å². The number of aliphatic hydroxyl groups is 1. The predicted octanol–water partition coefficient (Wildman–Crippen LogP) is 5.13. The summed E-state index contributed by atoms with van der Waals surface area (Å²) in [5, 5.41) is 13.3. The second-order valence-corrected chi connectivity index (χ2v) is 9.13. The fourth-order valence-corrected chi connectivity index (χ4v) is 5.55. The Balaban J connectivity index is 1.87. The first-order valence-corrected chi connectivity index (χ1v) is 11.3. The van der Waals surface area contributed by atoms with Gasteiger partial charge in [-0.15, -0.1) is 11.3 Å². The maximum Gasteiger partial charge on any atom is 0.295 e. The third kappa shape index (κ3) is 3.43. The zero-order valence-electron chi connectivity index (χ0n) is 17.6. The van der Waals surface area contributed by atoms with Gasteiger partial charge in [0.2, 0.25) is 0 Å². The summed E-state index contributed by atoms with van der Waals surface area (Å²) in [5.74, 6) is -0.469. The van der Waals surface area contributed by atoms with Gasteiger partial charge in [-0.2, -0.15) is 0 Å². The van der Waals surface area contributed by atoms with Gasteiger partial charge in [0, 0.05) is 16.5 Å². The molecule has 0 radical (unpaired) electrons. The Kier molecular flexibility index (Phi) is 5.69. The van der Waals surface area contributed by atoms with Crippen molar-refractivity contribution in [3.63, 3.8) is 0 Å². The van der Waals surface area contributed by atoms with E-state index in [-0.39, 0.29) is 17.4 Å². The van der Waals surface area contributed by atoms with Crippen molar-refractivity contribution in [2.24, 2.45) is 0 Å². The van der Waals surface area contributed by atoms with Crippen LogP contribution in [-0.2, 0) is 9.59 Å². The number of aryl methyl sites for hydroxylation is 2. The van der Waals surface area contributed by atoms with Crippen molar-refractivity contribution in [1.82, 2.24) is 4.90 Å². The van der Waals surface area contributed by atoms with Crippen molar-refractivity contribution in [2.45, 2.75) is 58.0 Å². The molecule has 2 fully saturated rings. The number of nitrogens with zero attached hydrogens (tertiary/aromatic N) is 1. The Morgan fingerprint density at radius 3 is 2.50 bits per heavy atom. The summed E-state index contributed by atoms with van der Waals surface area (Å²) in [6.45, 7) is 3.76. The van der Waals surface area contributed by atoms with Crippen molar-refractivity contribution in [2.75, 3.05) is 7.11 Å². The Morgan fingerprint density at radius 2 is 1.87 bits per heavy atom. The number of hydrogen-bond donors (Lipinski definition) is 1. The third-order valence-electron chi connectivity index (χ3n) is 6.26. The Morgan fingerprint density at radius 1 is 1.13 bits per heavy atom. The molecule has 1 saturated carbocycles. The summed E-state index contributed by atoms with van der Waals surface area (Å²) >= 11 is 1.51. The number of aliphatic hydroxyl groups excluding tert-OH is 1. The zero-order chi connectivity index (χ0) is 21.4. The van der Waals surface area contributed by atoms with Gasteiger partial charge >= 0.3 is 0 Å². The van der Waals surface area contributed by atoms with E-state index in [4.69, 9.17) is 4.74 Å². The summed E-state index contributed by atoms with van der Waals surface area (Å²) in [6, 6.07) is 7.03. The molecule has 30 heavy (non-hydrogen) atoms. The lowest BCUT2D eigenvalue weighted by Crippen LogP contribution is -2.40. The molecule has 1 aromatic heterocycles. The molecule has 1 unspecified atom stereocenters. The van der Waals surface area contributed by atoms with Gasteiger partial charge in [-0.3, -0.25) is 9.59 Å². The number of thiophene rings is 1. The number of methoxy groups -OCH3 is 1. The van der Waals surface area contributed by atoms with Crippen LogP contribution in [0.1, 0.15) is 59.7 Å². The number of carbonyl (C=O) groups excluding carboxylic acids is 2. The Hall–Kier alpha value is -2.60. The van der Waals surface area contributed by atoms with E-state index in [2.05, 4.69) is 0 Å². The molecular formula is C24H27NO4S. The van der Waals surface area contributed by atoms with E-state index in [1.807, 2.05) is 43.5 Å². The highest BCUT2D eigenvalue weighted by Crippen LogP contribution is 2.44. The standard InChI is InChI=1S/C24H27NO4S/c1-14-13-18(29-3)15(2)12-17(14)22(26)20-21(19-10-7-11-30-19)25(24(28)23(20)27)16-8-5-4-6-9-16/h7,10-13,16,21,26H,4-6,8-9H2,1-3H3/b22-20-. The number of ether oxygens (including phenoxy) is 1. The minimum absolute atomic E-state index is 0.0336. The zero-order valence-corrected chi connectivity index (χ0v) is 18.4. The fraction of sp³-hybridized carbons (Fsp3) is 0.417. The quantitative estimate of drug-likeness (QED) is 0.419. The minimum Gasteiger partial charge on any atom is -0.507 e. The van der Waals surface area contributed by atoms with E-state index in [1.54, 1.807) is 12.0 Å². The molecule has 1 atom stereocenters. The van der Waals surface area contributed by atoms with Gasteiger partial charge in [0.25, 0.3) is 11.7 Å². The lowest BCUT2D eigenvalue weighted by atomic mass is 9.92. The topological polar surface area (TPSA) is 66.8 Å². The number of carbonyl (C=O) groups is 2. The number of likely N-dealkylation sites (tertiary alicyclic amines) is 1. The molecule has 4 rings (SSSR count). The monoisotopic (exact) mass is 425 g/mol. The predicted molar refractivity (Wildman–Crippen MR) is 118 cm³/mol. The van der Waals surface area contributed by atoms with Gasteiger partial charge < -0.3 is 14.7 Å². The second kappa shape index (κ2) is 8.26. The van der Waals surface area contributed by atoms with Gasteiger partial charge in [0.05, 0.1) is 18.7 Å². The summed E-state index contributed by atoms with van der Waals surface area (Å²) in [7, 11) is 1.60. The van der Waals surface area contributed by atoms with Crippen LogP contribution in [0, 0.1) is 13.8 Å². The maximum atomic E-state index is 13.2. The molecule has 1 N–H and O–H groups in total. The Labute approximate surface area is 181 Å². The largest absolute Gasteiger partial charge is 0.507 e. The summed E-state index contributed by atoms with van der Waals surface area (Å²) in [6.07, 6.45) is 5.07. The summed E-state index contributed by atoms with van der Waals surface area (Å²) < 4.78 is 5.38. The van der Waals surface area contributed by atoms with Crippen molar-refractivity contribution in [3.05, 3.63) is 56.8 Å². The van der Waals surface area contributed by atoms with Crippen molar-refractivity contribution in [1.29, 1.82) is 0 Å². The van der Waals surface area contributed by atoms with E-state index < -0.39 is 17.7 Å². The minimum atomic E-state index is -0.593. The highest BCUT2D eigenvalue weighted by molar-refractivity contribution is 7.10. The molecule has 2 heterocycles. The number of benzene rings is 1. The van der Waals surface area contributed by atoms with E-state index in [1.165, 1.54) is 11.3 Å². The number of ketones is 1. The summed E-state index contributed by atoms with van der Waals surface area (Å²) in [4.78, 5) is 28.9. The molecule has 2 aliphatic rings. The molecule has 1 amide bonds. The van der Waals surface area contributed by atoms with Crippen LogP contribution in [0.4, 0.5) is 0 Å². The molecule has 2 aromatic rings. The van der Waals surface area contributed by atoms with E-state index in [9.17, 15) is 14.7 Å². The molecule has 1 aliphatic heterocycles. The van der Waals surface area contributed by atoms with Crippen molar-refractivity contribution in [3.8, 4) is 5.75 Å². The number of rotatable bonds is 4. The first kappa shape index (κ1) is 20.7. The maximum absolute atomic E-state index is 13.2. The van der Waals surface area contributed by atoms with Crippen LogP contribution in [0.5, 0.6) is 5.75 Å². The molecular weight excluding hydrogens is 398 g/mol. The molecule has 158 valence electrons. The van der Waals surface area contributed by atoms with Gasteiger partial charge in [0.1, 0.15) is 11.5 Å². The van der Waals surface area contributed by atoms with Crippen LogP contribution in [-0.4, -0.2) is 34.8 Å². The fourth-order valence-electron chi connectivity index (χ4n) is 4.72. The van der Waals surface area contributed by atoms with Crippen LogP contribution in [0.15, 0.2) is 35.2 Å². The van der Waals surface area contributed by atoms with Gasteiger partial charge in [-0.05, 0) is 61.4 Å². The highest BCUT2D eigenvalue weighted by atomic mass is 32.1. The Bertz CT molecular complexity index is 1000. The van der Waals surface area contributed by atoms with E-state index >= 15 is 0 Å². The van der Waals surface area contributed by atoms with E-state index in [0.29, 0.717) is 5.56 Å². The SMILES string of the molecule is COc1cc(C)c(/C(O)=C2/C(=O)C(=O)N(C3CCCCC3)C2c2cccs2)cc1C. The number of hydrogen-bond acceptors (Lipinski definition) is 5.